The van der Waals surface area contributed by atoms with Crippen LogP contribution in [0.25, 0.3) is 11.3 Å². The van der Waals surface area contributed by atoms with Gasteiger partial charge in [-0.05, 0) is 30.5 Å². The lowest BCUT2D eigenvalue weighted by Crippen LogP contribution is -2.31. The molecule has 0 fully saturated rings. The van der Waals surface area contributed by atoms with Crippen molar-refractivity contribution in [3.05, 3.63) is 52.3 Å². The Bertz CT molecular complexity index is 1180. The SMILES string of the molecule is Cc1ccc2c(c1)-c1nc(SCC(=O)NCc3cccs3)ncc1S(=O)(=O)N2C. The number of hydrogen-bond acceptors (Lipinski definition) is 7. The topological polar surface area (TPSA) is 92.3 Å². The zero-order valence-electron chi connectivity index (χ0n) is 15.7. The predicted molar refractivity (Wildman–Crippen MR) is 115 cm³/mol. The summed E-state index contributed by atoms with van der Waals surface area (Å²) >= 11 is 2.76. The number of rotatable bonds is 5. The number of carbonyl (C=O) groups excluding carboxylic acids is 1. The Morgan fingerprint density at radius 2 is 2.14 bits per heavy atom. The van der Waals surface area contributed by atoms with Gasteiger partial charge in [0.25, 0.3) is 10.0 Å². The van der Waals surface area contributed by atoms with Crippen molar-refractivity contribution in [2.45, 2.75) is 23.5 Å². The molecule has 1 N–H and O–H groups in total. The average molecular weight is 447 g/mol. The summed E-state index contributed by atoms with van der Waals surface area (Å²) in [5, 5.41) is 5.18. The fourth-order valence-electron chi connectivity index (χ4n) is 2.98. The van der Waals surface area contributed by atoms with Gasteiger partial charge in [-0.3, -0.25) is 9.10 Å². The largest absolute Gasteiger partial charge is 0.350 e. The van der Waals surface area contributed by atoms with E-state index in [-0.39, 0.29) is 16.6 Å². The van der Waals surface area contributed by atoms with E-state index in [9.17, 15) is 13.2 Å². The van der Waals surface area contributed by atoms with E-state index in [1.807, 2.05) is 36.6 Å². The molecule has 3 aromatic rings. The number of aryl methyl sites for hydroxylation is 1. The Kier molecular flexibility index (Phi) is 5.32. The molecular weight excluding hydrogens is 428 g/mol. The molecule has 1 aromatic carbocycles. The molecule has 150 valence electrons. The average Bonchev–Trinajstić information content (AvgIpc) is 3.22. The van der Waals surface area contributed by atoms with Crippen molar-refractivity contribution in [1.82, 2.24) is 15.3 Å². The standard InChI is InChI=1S/C19H18N4O3S3/c1-12-5-6-15-14(8-12)18-16(29(25,26)23(15)2)10-21-19(22-18)28-11-17(24)20-9-13-4-3-7-27-13/h3-8,10H,9,11H2,1-2H3,(H,20,24). The van der Waals surface area contributed by atoms with Gasteiger partial charge in [-0.25, -0.2) is 18.4 Å². The van der Waals surface area contributed by atoms with Gasteiger partial charge in [-0.1, -0.05) is 29.5 Å². The summed E-state index contributed by atoms with van der Waals surface area (Å²) in [5.74, 6) is 0.0191. The normalized spacial score (nSPS) is 14.2. The lowest BCUT2D eigenvalue weighted by molar-refractivity contribution is -0.118. The molecule has 0 saturated heterocycles. The van der Waals surface area contributed by atoms with Gasteiger partial charge in [-0.2, -0.15) is 0 Å². The van der Waals surface area contributed by atoms with E-state index >= 15 is 0 Å². The Balaban J connectivity index is 1.56. The van der Waals surface area contributed by atoms with E-state index in [2.05, 4.69) is 15.3 Å². The maximum Gasteiger partial charge on any atom is 0.267 e. The van der Waals surface area contributed by atoms with Gasteiger partial charge in [0, 0.05) is 17.5 Å². The van der Waals surface area contributed by atoms with E-state index in [1.54, 1.807) is 17.4 Å². The number of nitrogens with zero attached hydrogens (tertiary/aromatic N) is 3. The fraction of sp³-hybridized carbons (Fsp3) is 0.211. The van der Waals surface area contributed by atoms with Gasteiger partial charge in [0.2, 0.25) is 5.91 Å². The van der Waals surface area contributed by atoms with Crippen LogP contribution in [0.3, 0.4) is 0 Å². The first-order valence-corrected chi connectivity index (χ1v) is 12.1. The highest BCUT2D eigenvalue weighted by atomic mass is 32.2. The van der Waals surface area contributed by atoms with Gasteiger partial charge in [-0.15, -0.1) is 11.3 Å². The highest BCUT2D eigenvalue weighted by Crippen LogP contribution is 2.41. The minimum absolute atomic E-state index is 0.0737. The highest BCUT2D eigenvalue weighted by Gasteiger charge is 2.34. The van der Waals surface area contributed by atoms with Crippen LogP contribution in [0.4, 0.5) is 5.69 Å². The van der Waals surface area contributed by atoms with Gasteiger partial charge in [0.1, 0.15) is 4.90 Å². The first-order chi connectivity index (χ1) is 13.9. The number of thiophene rings is 1. The van der Waals surface area contributed by atoms with Crippen molar-refractivity contribution in [3.8, 4) is 11.3 Å². The molecule has 1 aliphatic rings. The minimum atomic E-state index is -3.71. The third kappa shape index (κ3) is 3.87. The molecule has 0 bridgehead atoms. The maximum absolute atomic E-state index is 12.8. The molecule has 4 rings (SSSR count). The molecule has 1 aliphatic heterocycles. The smallest absolute Gasteiger partial charge is 0.267 e. The maximum atomic E-state index is 12.8. The molecule has 10 heteroatoms. The number of sulfonamides is 1. The second-order valence-electron chi connectivity index (χ2n) is 6.50. The number of thioether (sulfide) groups is 1. The Morgan fingerprint density at radius 1 is 1.31 bits per heavy atom. The molecule has 2 aromatic heterocycles. The van der Waals surface area contributed by atoms with Gasteiger partial charge in [0.05, 0.1) is 29.9 Å². The van der Waals surface area contributed by atoms with E-state index in [4.69, 9.17) is 0 Å². The summed E-state index contributed by atoms with van der Waals surface area (Å²) in [6, 6.07) is 9.45. The molecule has 0 aliphatic carbocycles. The number of benzene rings is 1. The van der Waals surface area contributed by atoms with Crippen molar-refractivity contribution in [1.29, 1.82) is 0 Å². The minimum Gasteiger partial charge on any atom is -0.350 e. The molecule has 7 nitrogen and oxygen atoms in total. The van der Waals surface area contributed by atoms with Crippen LogP contribution >= 0.6 is 23.1 Å². The summed E-state index contributed by atoms with van der Waals surface area (Å²) in [6.07, 6.45) is 1.32. The summed E-state index contributed by atoms with van der Waals surface area (Å²) in [4.78, 5) is 21.9. The zero-order valence-corrected chi connectivity index (χ0v) is 18.2. The van der Waals surface area contributed by atoms with Gasteiger partial charge >= 0.3 is 0 Å². The lowest BCUT2D eigenvalue weighted by atomic mass is 10.1. The number of nitrogens with one attached hydrogen (secondary N) is 1. The third-order valence-electron chi connectivity index (χ3n) is 4.49. The molecule has 0 spiro atoms. The van der Waals surface area contributed by atoms with E-state index in [1.165, 1.54) is 29.3 Å². The molecule has 0 unspecified atom stereocenters. The second-order valence-corrected chi connectivity index (χ2v) is 10.4. The molecule has 1 amide bonds. The number of anilines is 1. The fourth-order valence-corrected chi connectivity index (χ4v) is 5.57. The van der Waals surface area contributed by atoms with Crippen LogP contribution in [0.2, 0.25) is 0 Å². The monoisotopic (exact) mass is 446 g/mol. The quantitative estimate of drug-likeness (QED) is 0.478. The third-order valence-corrected chi connectivity index (χ3v) is 8.00. The van der Waals surface area contributed by atoms with Crippen LogP contribution in [-0.4, -0.2) is 37.1 Å². The molecule has 0 radical (unpaired) electrons. The van der Waals surface area contributed by atoms with Crippen LogP contribution in [0.5, 0.6) is 0 Å². The molecule has 29 heavy (non-hydrogen) atoms. The Labute approximate surface area is 177 Å². The molecule has 0 atom stereocenters. The lowest BCUT2D eigenvalue weighted by Gasteiger charge is -2.28. The number of amides is 1. The van der Waals surface area contributed by atoms with Gasteiger partial charge < -0.3 is 5.32 Å². The first kappa shape index (κ1) is 19.9. The number of fused-ring (bicyclic) bond motifs is 3. The van der Waals surface area contributed by atoms with E-state index in [0.717, 1.165) is 16.0 Å². The van der Waals surface area contributed by atoms with Crippen molar-refractivity contribution in [2.24, 2.45) is 0 Å². The first-order valence-electron chi connectivity index (χ1n) is 8.75. The van der Waals surface area contributed by atoms with E-state index in [0.29, 0.717) is 23.1 Å². The highest BCUT2D eigenvalue weighted by molar-refractivity contribution is 7.99. The van der Waals surface area contributed by atoms with Crippen LogP contribution in [-0.2, 0) is 21.4 Å². The van der Waals surface area contributed by atoms with Crippen molar-refractivity contribution in [2.75, 3.05) is 17.1 Å². The number of carbonyl (C=O) groups is 1. The zero-order chi connectivity index (χ0) is 20.6. The van der Waals surface area contributed by atoms with E-state index < -0.39 is 10.0 Å². The summed E-state index contributed by atoms with van der Waals surface area (Å²) in [7, 11) is -2.19. The van der Waals surface area contributed by atoms with Crippen molar-refractivity contribution < 1.29 is 13.2 Å². The van der Waals surface area contributed by atoms with Crippen LogP contribution < -0.4 is 9.62 Å². The molecule has 3 heterocycles. The Hall–Kier alpha value is -2.43. The van der Waals surface area contributed by atoms with Gasteiger partial charge in [0.15, 0.2) is 5.16 Å². The number of aromatic nitrogens is 2. The van der Waals surface area contributed by atoms with Crippen LogP contribution in [0.15, 0.2) is 52.0 Å². The van der Waals surface area contributed by atoms with Crippen molar-refractivity contribution in [3.63, 3.8) is 0 Å². The second kappa shape index (κ2) is 7.77. The summed E-state index contributed by atoms with van der Waals surface area (Å²) < 4.78 is 26.9. The molecular formula is C19H18N4O3S3. The van der Waals surface area contributed by atoms with Crippen LogP contribution in [0, 0.1) is 6.92 Å². The molecule has 0 saturated carbocycles. The summed E-state index contributed by atoms with van der Waals surface area (Å²) in [6.45, 7) is 2.43. The Morgan fingerprint density at radius 3 is 2.90 bits per heavy atom. The van der Waals surface area contributed by atoms with Crippen molar-refractivity contribution >= 4 is 44.7 Å². The predicted octanol–water partition coefficient (Wildman–Crippen LogP) is 3.06. The van der Waals surface area contributed by atoms with Crippen LogP contribution in [0.1, 0.15) is 10.4 Å². The summed E-state index contributed by atoms with van der Waals surface area (Å²) in [5.41, 5.74) is 2.69. The number of hydrogen-bond donors (Lipinski definition) is 1.